The number of hydrogen-bond acceptors (Lipinski definition) is 5. The number of nitrogens with zero attached hydrogens (tertiary/aromatic N) is 4. The van der Waals surface area contributed by atoms with Crippen LogP contribution >= 0.6 is 11.8 Å². The molecule has 8 heteroatoms. The van der Waals surface area contributed by atoms with E-state index in [1.165, 1.54) is 28.7 Å². The van der Waals surface area contributed by atoms with Crippen LogP contribution in [0.15, 0.2) is 35.7 Å². The Balaban J connectivity index is 1.72. The summed E-state index contributed by atoms with van der Waals surface area (Å²) in [4.78, 5) is 12.6. The predicted molar refractivity (Wildman–Crippen MR) is 96.2 cm³/mol. The number of nitrogens with one attached hydrogen (secondary N) is 1. The topological polar surface area (TPSA) is 83.6 Å². The molecule has 1 saturated carbocycles. The highest BCUT2D eigenvalue weighted by atomic mass is 32.2. The third-order valence-electron chi connectivity index (χ3n) is 4.56. The minimum atomic E-state index is -0.774. The number of carbonyl (C=O) groups is 1. The molecule has 3 rings (SSSR count). The number of carbonyl (C=O) groups excluding carboxylic acids is 1. The first-order valence-electron chi connectivity index (χ1n) is 8.59. The van der Waals surface area contributed by atoms with Gasteiger partial charge in [-0.3, -0.25) is 9.36 Å². The first kappa shape index (κ1) is 18.4. The average molecular weight is 373 g/mol. The Morgan fingerprint density at radius 2 is 2.12 bits per heavy atom. The van der Waals surface area contributed by atoms with E-state index in [2.05, 4.69) is 21.6 Å². The summed E-state index contributed by atoms with van der Waals surface area (Å²) < 4.78 is 15.6. The summed E-state index contributed by atoms with van der Waals surface area (Å²) >= 11 is 1.19. The van der Waals surface area contributed by atoms with Crippen molar-refractivity contribution in [1.82, 2.24) is 20.1 Å². The first-order chi connectivity index (χ1) is 12.5. The average Bonchev–Trinajstić information content (AvgIpc) is 3.10. The summed E-state index contributed by atoms with van der Waals surface area (Å²) in [7, 11) is 0. The lowest BCUT2D eigenvalue weighted by Gasteiger charge is -2.32. The summed E-state index contributed by atoms with van der Waals surface area (Å²) in [6, 6.07) is 8.60. The van der Waals surface area contributed by atoms with Gasteiger partial charge in [-0.25, -0.2) is 4.39 Å². The Labute approximate surface area is 155 Å². The molecule has 1 aromatic heterocycles. The molecule has 1 heterocycles. The van der Waals surface area contributed by atoms with E-state index < -0.39 is 16.6 Å². The molecule has 1 aliphatic carbocycles. The number of nitriles is 1. The van der Waals surface area contributed by atoms with Crippen molar-refractivity contribution in [3.63, 3.8) is 0 Å². The molecule has 1 N–H and O–H groups in total. The lowest BCUT2D eigenvalue weighted by Crippen LogP contribution is -2.50. The van der Waals surface area contributed by atoms with Gasteiger partial charge in [0.25, 0.3) is 0 Å². The van der Waals surface area contributed by atoms with E-state index in [-0.39, 0.29) is 5.91 Å². The third-order valence-corrected chi connectivity index (χ3v) is 5.62. The molecule has 0 spiro atoms. The van der Waals surface area contributed by atoms with E-state index in [4.69, 9.17) is 0 Å². The number of para-hydroxylation sites is 1. The number of halogens is 1. The number of aromatic nitrogens is 3. The Kier molecular flexibility index (Phi) is 5.57. The zero-order valence-electron chi connectivity index (χ0n) is 14.5. The molecule has 6 nitrogen and oxygen atoms in total. The maximum absolute atomic E-state index is 14.0. The van der Waals surface area contributed by atoms with Crippen LogP contribution in [0.25, 0.3) is 5.69 Å². The second-order valence-corrected chi connectivity index (χ2v) is 7.75. The van der Waals surface area contributed by atoms with E-state index in [1.54, 1.807) is 25.1 Å². The molecule has 0 radical (unpaired) electrons. The van der Waals surface area contributed by atoms with Crippen molar-refractivity contribution in [3.05, 3.63) is 36.4 Å². The molecule has 1 aliphatic rings. The van der Waals surface area contributed by atoms with Crippen LogP contribution in [0.1, 0.15) is 39.0 Å². The normalized spacial score (nSPS) is 17.3. The molecule has 1 fully saturated rings. The van der Waals surface area contributed by atoms with Crippen LogP contribution in [0.5, 0.6) is 0 Å². The van der Waals surface area contributed by atoms with Gasteiger partial charge in [-0.2, -0.15) is 5.26 Å². The lowest BCUT2D eigenvalue weighted by atomic mass is 9.83. The van der Waals surface area contributed by atoms with Crippen LogP contribution in [0.2, 0.25) is 0 Å². The predicted octanol–water partition coefficient (Wildman–Crippen LogP) is 3.23. The molecule has 2 aromatic rings. The molecule has 136 valence electrons. The minimum Gasteiger partial charge on any atom is -0.337 e. The molecule has 0 aliphatic heterocycles. The van der Waals surface area contributed by atoms with Gasteiger partial charge in [0.2, 0.25) is 5.91 Å². The van der Waals surface area contributed by atoms with E-state index >= 15 is 0 Å². The summed E-state index contributed by atoms with van der Waals surface area (Å²) in [5.74, 6) is -0.613. The molecule has 0 saturated heterocycles. The molecular formula is C18H20FN5OS. The van der Waals surface area contributed by atoms with Crippen LogP contribution in [0, 0.1) is 17.1 Å². The smallest absolute Gasteiger partial charge is 0.234 e. The van der Waals surface area contributed by atoms with Crippen LogP contribution in [-0.4, -0.2) is 31.5 Å². The minimum absolute atomic E-state index is 0.221. The molecule has 0 bridgehead atoms. The van der Waals surface area contributed by atoms with Crippen molar-refractivity contribution in [2.75, 3.05) is 0 Å². The van der Waals surface area contributed by atoms with E-state index in [1.807, 2.05) is 0 Å². The van der Waals surface area contributed by atoms with Crippen LogP contribution < -0.4 is 5.32 Å². The maximum atomic E-state index is 14.0. The standard InChI is InChI=1S/C18H20FN5OS/c1-13(16(25)22-18(11-20)9-5-2-6-10-18)26-17-23-21-12-24(17)15-8-4-3-7-14(15)19/h3-4,7-8,12-13H,2,5-6,9-10H2,1H3,(H,22,25)/t13-/m0/s1. The van der Waals surface area contributed by atoms with Crippen LogP contribution in [-0.2, 0) is 4.79 Å². The van der Waals surface area contributed by atoms with Gasteiger partial charge in [0.1, 0.15) is 17.7 Å². The summed E-state index contributed by atoms with van der Waals surface area (Å²) in [6.45, 7) is 1.74. The fourth-order valence-electron chi connectivity index (χ4n) is 3.09. The van der Waals surface area contributed by atoms with Gasteiger partial charge in [0, 0.05) is 0 Å². The van der Waals surface area contributed by atoms with Gasteiger partial charge in [0.05, 0.1) is 17.0 Å². The van der Waals surface area contributed by atoms with Crippen molar-refractivity contribution in [2.24, 2.45) is 0 Å². The van der Waals surface area contributed by atoms with Crippen molar-refractivity contribution in [3.8, 4) is 11.8 Å². The van der Waals surface area contributed by atoms with Gasteiger partial charge in [0.15, 0.2) is 5.16 Å². The Bertz CT molecular complexity index is 825. The fraction of sp³-hybridized carbons (Fsp3) is 0.444. The van der Waals surface area contributed by atoms with Crippen LogP contribution in [0.3, 0.4) is 0 Å². The second-order valence-electron chi connectivity index (χ2n) is 6.44. The van der Waals surface area contributed by atoms with E-state index in [0.717, 1.165) is 19.3 Å². The zero-order valence-corrected chi connectivity index (χ0v) is 15.3. The van der Waals surface area contributed by atoms with Gasteiger partial charge in [-0.05, 0) is 31.9 Å². The van der Waals surface area contributed by atoms with Gasteiger partial charge < -0.3 is 5.32 Å². The largest absolute Gasteiger partial charge is 0.337 e. The Hall–Kier alpha value is -2.40. The van der Waals surface area contributed by atoms with Crippen molar-refractivity contribution in [2.45, 2.75) is 55.0 Å². The highest BCUT2D eigenvalue weighted by Gasteiger charge is 2.35. The van der Waals surface area contributed by atoms with Crippen molar-refractivity contribution < 1.29 is 9.18 Å². The van der Waals surface area contributed by atoms with Gasteiger partial charge in [-0.1, -0.05) is 43.2 Å². The SMILES string of the molecule is C[C@H](Sc1nncn1-c1ccccc1F)C(=O)NC1(C#N)CCCCC1. The van der Waals surface area contributed by atoms with Crippen molar-refractivity contribution in [1.29, 1.82) is 5.26 Å². The summed E-state index contributed by atoms with van der Waals surface area (Å²) in [6.07, 6.45) is 5.75. The van der Waals surface area contributed by atoms with Crippen molar-refractivity contribution >= 4 is 17.7 Å². The Morgan fingerprint density at radius 3 is 2.81 bits per heavy atom. The van der Waals surface area contributed by atoms with E-state index in [0.29, 0.717) is 23.7 Å². The van der Waals surface area contributed by atoms with Gasteiger partial charge >= 0.3 is 0 Å². The molecule has 26 heavy (non-hydrogen) atoms. The lowest BCUT2D eigenvalue weighted by molar-refractivity contribution is -0.121. The molecular weight excluding hydrogens is 353 g/mol. The fourth-order valence-corrected chi connectivity index (χ4v) is 3.92. The molecule has 1 atom stereocenters. The number of benzene rings is 1. The second kappa shape index (κ2) is 7.87. The third kappa shape index (κ3) is 3.88. The number of thioether (sulfide) groups is 1. The molecule has 1 amide bonds. The number of hydrogen-bond donors (Lipinski definition) is 1. The maximum Gasteiger partial charge on any atom is 0.234 e. The first-order valence-corrected chi connectivity index (χ1v) is 9.47. The summed E-state index contributed by atoms with van der Waals surface area (Å²) in [5.41, 5.74) is -0.447. The Morgan fingerprint density at radius 1 is 1.38 bits per heavy atom. The number of rotatable bonds is 5. The highest BCUT2D eigenvalue weighted by Crippen LogP contribution is 2.29. The van der Waals surface area contributed by atoms with Crippen LogP contribution in [0.4, 0.5) is 4.39 Å². The monoisotopic (exact) mass is 373 g/mol. The molecule has 0 unspecified atom stereocenters. The zero-order chi connectivity index (χ0) is 18.6. The van der Waals surface area contributed by atoms with E-state index in [9.17, 15) is 14.4 Å². The van der Waals surface area contributed by atoms with Gasteiger partial charge in [-0.15, -0.1) is 10.2 Å². The number of amides is 1. The molecule has 1 aromatic carbocycles. The quantitative estimate of drug-likeness (QED) is 0.814. The highest BCUT2D eigenvalue weighted by molar-refractivity contribution is 8.00. The summed E-state index contributed by atoms with van der Waals surface area (Å²) in [5, 5.41) is 20.2.